The number of amides is 3. The van der Waals surface area contributed by atoms with E-state index in [9.17, 15) is 22.8 Å². The van der Waals surface area contributed by atoms with Crippen LogP contribution in [0.5, 0.6) is 0 Å². The number of urea groups is 1. The number of aromatic nitrogens is 1. The summed E-state index contributed by atoms with van der Waals surface area (Å²) in [6.07, 6.45) is 2.51. The van der Waals surface area contributed by atoms with Crippen LogP contribution in [0.15, 0.2) is 60.8 Å². The maximum absolute atomic E-state index is 14.0. The zero-order valence-corrected chi connectivity index (χ0v) is 18.7. The number of anilines is 1. The van der Waals surface area contributed by atoms with Crippen molar-refractivity contribution in [2.24, 2.45) is 0 Å². The van der Waals surface area contributed by atoms with Crippen molar-refractivity contribution < 1.29 is 22.8 Å². The number of hydrogen-bond donors (Lipinski definition) is 1. The predicted octanol–water partition coefficient (Wildman–Crippen LogP) is 4.78. The first-order valence-corrected chi connectivity index (χ1v) is 11.1. The van der Waals surface area contributed by atoms with Crippen LogP contribution in [0.1, 0.15) is 30.6 Å². The summed E-state index contributed by atoms with van der Waals surface area (Å²) in [4.78, 5) is 29.3. The molecule has 3 amide bonds. The molecule has 2 heterocycles. The van der Waals surface area contributed by atoms with Gasteiger partial charge in [-0.2, -0.15) is 0 Å². The minimum absolute atomic E-state index is 0.0888. The lowest BCUT2D eigenvalue weighted by Crippen LogP contribution is -2.48. The first-order valence-electron chi connectivity index (χ1n) is 11.1. The maximum atomic E-state index is 14.0. The molecule has 0 radical (unpaired) electrons. The molecule has 0 spiro atoms. The molecule has 178 valence electrons. The number of benzene rings is 2. The van der Waals surface area contributed by atoms with Crippen LogP contribution >= 0.6 is 0 Å². The van der Waals surface area contributed by atoms with E-state index in [1.807, 2.05) is 29.8 Å². The van der Waals surface area contributed by atoms with Crippen molar-refractivity contribution in [2.75, 3.05) is 25.0 Å². The number of carbonyl (C=O) groups excluding carboxylic acids is 2. The third-order valence-corrected chi connectivity index (χ3v) is 5.80. The normalized spacial score (nSPS) is 15.1. The number of nitrogens with one attached hydrogen (secondary N) is 1. The molecule has 0 aliphatic carbocycles. The molecule has 1 N–H and O–H groups in total. The van der Waals surface area contributed by atoms with E-state index in [1.54, 1.807) is 17.0 Å². The van der Waals surface area contributed by atoms with Crippen molar-refractivity contribution in [3.63, 3.8) is 0 Å². The monoisotopic (exact) mass is 470 g/mol. The van der Waals surface area contributed by atoms with Crippen LogP contribution in [0.2, 0.25) is 0 Å². The van der Waals surface area contributed by atoms with Crippen LogP contribution in [-0.4, -0.2) is 45.9 Å². The Labute approximate surface area is 195 Å². The number of fused-ring (bicyclic) bond motifs is 1. The van der Waals surface area contributed by atoms with Crippen molar-refractivity contribution in [3.05, 3.63) is 89.5 Å². The molecule has 1 aliphatic rings. The molecule has 1 aliphatic heterocycles. The summed E-state index contributed by atoms with van der Waals surface area (Å²) in [5, 5.41) is 2.52. The fourth-order valence-electron chi connectivity index (χ4n) is 4.23. The van der Waals surface area contributed by atoms with E-state index in [-0.39, 0.29) is 24.7 Å². The minimum Gasteiger partial charge on any atom is -0.348 e. The van der Waals surface area contributed by atoms with Gasteiger partial charge in [-0.1, -0.05) is 19.1 Å². The van der Waals surface area contributed by atoms with Crippen LogP contribution < -0.4 is 5.32 Å². The third-order valence-electron chi connectivity index (χ3n) is 5.80. The Bertz CT molecular complexity index is 1200. The molecule has 9 heteroatoms. The smallest absolute Gasteiger partial charge is 0.322 e. The molecule has 0 fully saturated rings. The summed E-state index contributed by atoms with van der Waals surface area (Å²) in [6.45, 7) is 2.92. The largest absolute Gasteiger partial charge is 0.348 e. The fraction of sp³-hybridized carbons (Fsp3) is 0.280. The van der Waals surface area contributed by atoms with Crippen LogP contribution in [0.4, 0.5) is 23.7 Å². The Morgan fingerprint density at radius 2 is 1.85 bits per heavy atom. The molecule has 6 nitrogen and oxygen atoms in total. The quantitative estimate of drug-likeness (QED) is 0.564. The van der Waals surface area contributed by atoms with E-state index in [0.717, 1.165) is 17.8 Å². The average Bonchev–Trinajstić information content (AvgIpc) is 3.29. The summed E-state index contributed by atoms with van der Waals surface area (Å²) in [5.41, 5.74) is 1.59. The molecule has 0 saturated heterocycles. The zero-order valence-electron chi connectivity index (χ0n) is 18.7. The van der Waals surface area contributed by atoms with Crippen LogP contribution in [-0.2, 0) is 11.3 Å². The molecule has 1 aromatic heterocycles. The van der Waals surface area contributed by atoms with Gasteiger partial charge in [0.2, 0.25) is 5.91 Å². The summed E-state index contributed by atoms with van der Waals surface area (Å²) in [5.74, 6) is -2.79. The Kier molecular flexibility index (Phi) is 6.90. The van der Waals surface area contributed by atoms with Gasteiger partial charge in [0.15, 0.2) is 11.6 Å². The highest BCUT2D eigenvalue weighted by Gasteiger charge is 2.33. The van der Waals surface area contributed by atoms with Gasteiger partial charge in [0.25, 0.3) is 0 Å². The van der Waals surface area contributed by atoms with Gasteiger partial charge >= 0.3 is 6.03 Å². The molecule has 3 aromatic rings. The van der Waals surface area contributed by atoms with Crippen LogP contribution in [0.25, 0.3) is 0 Å². The van der Waals surface area contributed by atoms with E-state index in [2.05, 4.69) is 5.32 Å². The molecule has 0 unspecified atom stereocenters. The number of nitrogens with zero attached hydrogens (tertiary/aromatic N) is 3. The Morgan fingerprint density at radius 1 is 1.03 bits per heavy atom. The lowest BCUT2D eigenvalue weighted by atomic mass is 9.99. The van der Waals surface area contributed by atoms with Crippen molar-refractivity contribution in [3.8, 4) is 0 Å². The first-order chi connectivity index (χ1) is 16.4. The zero-order chi connectivity index (χ0) is 24.2. The maximum Gasteiger partial charge on any atom is 0.322 e. The number of carbonyl (C=O) groups is 2. The van der Waals surface area contributed by atoms with Gasteiger partial charge in [0.1, 0.15) is 12.4 Å². The molecule has 4 rings (SSSR count). The Hall–Kier alpha value is -3.75. The van der Waals surface area contributed by atoms with E-state index in [4.69, 9.17) is 0 Å². The summed E-state index contributed by atoms with van der Waals surface area (Å²) in [6, 6.07) is 11.9. The second-order valence-corrected chi connectivity index (χ2v) is 8.15. The fourth-order valence-corrected chi connectivity index (χ4v) is 4.23. The van der Waals surface area contributed by atoms with Gasteiger partial charge in [-0.15, -0.1) is 0 Å². The summed E-state index contributed by atoms with van der Waals surface area (Å²) >= 11 is 0. The number of rotatable bonds is 6. The molecule has 0 saturated carbocycles. The SMILES string of the molecule is CCCN(CC(=O)N1CCn2cccc2[C@H]1c1cccc(F)c1)C(=O)Nc1ccc(F)c(F)c1. The van der Waals surface area contributed by atoms with Crippen LogP contribution in [0.3, 0.4) is 0 Å². The van der Waals surface area contributed by atoms with Gasteiger partial charge in [0.05, 0.1) is 6.04 Å². The van der Waals surface area contributed by atoms with E-state index in [1.165, 1.54) is 23.1 Å². The van der Waals surface area contributed by atoms with Gasteiger partial charge in [0, 0.05) is 43.3 Å². The minimum atomic E-state index is -1.08. The van der Waals surface area contributed by atoms with Crippen molar-refractivity contribution in [1.29, 1.82) is 0 Å². The van der Waals surface area contributed by atoms with Gasteiger partial charge in [-0.25, -0.2) is 18.0 Å². The van der Waals surface area contributed by atoms with Crippen molar-refractivity contribution in [2.45, 2.75) is 25.9 Å². The lowest BCUT2D eigenvalue weighted by molar-refractivity contribution is -0.134. The lowest BCUT2D eigenvalue weighted by Gasteiger charge is -2.38. The van der Waals surface area contributed by atoms with Crippen molar-refractivity contribution in [1.82, 2.24) is 14.4 Å². The third kappa shape index (κ3) is 4.93. The number of hydrogen-bond acceptors (Lipinski definition) is 2. The highest BCUT2D eigenvalue weighted by molar-refractivity contribution is 5.92. The molecular weight excluding hydrogens is 445 g/mol. The second kappa shape index (κ2) is 10.0. The second-order valence-electron chi connectivity index (χ2n) is 8.15. The molecule has 0 bridgehead atoms. The predicted molar refractivity (Wildman–Crippen MR) is 122 cm³/mol. The van der Waals surface area contributed by atoms with Gasteiger partial charge in [-0.05, 0) is 48.4 Å². The van der Waals surface area contributed by atoms with Crippen LogP contribution in [0, 0.1) is 17.5 Å². The van der Waals surface area contributed by atoms with Crippen molar-refractivity contribution >= 4 is 17.6 Å². The van der Waals surface area contributed by atoms with E-state index in [0.29, 0.717) is 25.1 Å². The highest BCUT2D eigenvalue weighted by atomic mass is 19.2. The number of halogens is 3. The first kappa shape index (κ1) is 23.4. The van der Waals surface area contributed by atoms with Gasteiger partial charge in [-0.3, -0.25) is 4.79 Å². The molecule has 34 heavy (non-hydrogen) atoms. The van der Waals surface area contributed by atoms with E-state index >= 15 is 0 Å². The average molecular weight is 470 g/mol. The molecule has 1 atom stereocenters. The summed E-state index contributed by atoms with van der Waals surface area (Å²) < 4.78 is 42.8. The molecule has 2 aromatic carbocycles. The summed E-state index contributed by atoms with van der Waals surface area (Å²) in [7, 11) is 0. The van der Waals surface area contributed by atoms with Gasteiger partial charge < -0.3 is 19.7 Å². The standard InChI is InChI=1S/C25H25F3N4O2/c1-2-10-31(25(34)29-19-8-9-20(27)21(28)15-19)16-23(33)32-13-12-30-11-4-7-22(30)24(32)17-5-3-6-18(26)14-17/h3-9,11,14-15,24H,2,10,12-13,16H2,1H3,(H,29,34)/t24-/m1/s1. The highest BCUT2D eigenvalue weighted by Crippen LogP contribution is 2.33. The Balaban J connectivity index is 1.55. The Morgan fingerprint density at radius 3 is 2.59 bits per heavy atom. The topological polar surface area (TPSA) is 57.6 Å². The molecular formula is C25H25F3N4O2. The van der Waals surface area contributed by atoms with E-state index < -0.39 is 29.5 Å².